The predicted molar refractivity (Wildman–Crippen MR) is 85.9 cm³/mol. The van der Waals surface area contributed by atoms with Gasteiger partial charge >= 0.3 is 5.97 Å². The first-order chi connectivity index (χ1) is 11.4. The van der Waals surface area contributed by atoms with E-state index in [1.807, 2.05) is 0 Å². The van der Waals surface area contributed by atoms with Gasteiger partial charge in [0, 0.05) is 17.3 Å². The first-order valence-electron chi connectivity index (χ1n) is 6.78. The largest absolute Gasteiger partial charge is 0.478 e. The summed E-state index contributed by atoms with van der Waals surface area (Å²) in [5.41, 5.74) is 0.243. The summed E-state index contributed by atoms with van der Waals surface area (Å²) >= 11 is 0. The Balaban J connectivity index is 2.02. The zero-order valence-corrected chi connectivity index (χ0v) is 12.9. The maximum atomic E-state index is 13.8. The molecule has 2 aromatic carbocycles. The van der Waals surface area contributed by atoms with E-state index in [-0.39, 0.29) is 27.0 Å². The Hall–Kier alpha value is -3.00. The first kappa shape index (κ1) is 15.9. The van der Waals surface area contributed by atoms with Crippen molar-refractivity contribution in [3.63, 3.8) is 0 Å². The number of hydrogen-bond donors (Lipinski definition) is 2. The minimum absolute atomic E-state index is 0.0205. The highest BCUT2D eigenvalue weighted by atomic mass is 32.2. The van der Waals surface area contributed by atoms with Gasteiger partial charge in [0.1, 0.15) is 10.7 Å². The fourth-order valence-electron chi connectivity index (χ4n) is 2.22. The fourth-order valence-corrected chi connectivity index (χ4v) is 3.44. The summed E-state index contributed by atoms with van der Waals surface area (Å²) in [6, 6.07) is 10.4. The number of halogens is 1. The molecule has 3 rings (SSSR count). The van der Waals surface area contributed by atoms with Crippen molar-refractivity contribution < 1.29 is 22.7 Å². The maximum absolute atomic E-state index is 13.8. The Bertz CT molecular complexity index is 1030. The van der Waals surface area contributed by atoms with Crippen molar-refractivity contribution in [1.29, 1.82) is 0 Å². The number of nitrogens with one attached hydrogen (secondary N) is 1. The molecule has 0 unspecified atom stereocenters. The fraction of sp³-hybridized carbons (Fsp3) is 0. The van der Waals surface area contributed by atoms with Crippen molar-refractivity contribution >= 4 is 32.6 Å². The quantitative estimate of drug-likeness (QED) is 0.757. The van der Waals surface area contributed by atoms with Crippen LogP contribution >= 0.6 is 0 Å². The monoisotopic (exact) mass is 346 g/mol. The summed E-state index contributed by atoms with van der Waals surface area (Å²) in [6.07, 6.45) is 1.38. The molecular weight excluding hydrogens is 335 g/mol. The molecule has 0 fully saturated rings. The lowest BCUT2D eigenvalue weighted by Gasteiger charge is -2.10. The smallest absolute Gasteiger partial charge is 0.335 e. The summed E-state index contributed by atoms with van der Waals surface area (Å²) in [7, 11) is -4.02. The van der Waals surface area contributed by atoms with E-state index in [9.17, 15) is 17.6 Å². The van der Waals surface area contributed by atoms with Crippen LogP contribution in [0.2, 0.25) is 0 Å². The number of fused-ring (bicyclic) bond motifs is 1. The molecule has 0 bridgehead atoms. The number of pyridine rings is 1. The molecule has 3 aromatic rings. The van der Waals surface area contributed by atoms with Crippen molar-refractivity contribution in [2.45, 2.75) is 4.90 Å². The highest BCUT2D eigenvalue weighted by Gasteiger charge is 2.20. The lowest BCUT2D eigenvalue weighted by atomic mass is 10.2. The molecule has 2 N–H and O–H groups in total. The van der Waals surface area contributed by atoms with Gasteiger partial charge in [0.15, 0.2) is 0 Å². The standard InChI is InChI=1S/C16H11FN2O4S/c17-13-7-8-14(15-12(13)2-1-9-18-15)24(22,23)19-11-5-3-10(4-6-11)16(20)21/h1-9,19H,(H,20,21). The summed E-state index contributed by atoms with van der Waals surface area (Å²) in [5.74, 6) is -1.68. The Morgan fingerprint density at radius 2 is 1.79 bits per heavy atom. The van der Waals surface area contributed by atoms with Gasteiger partial charge < -0.3 is 5.11 Å². The van der Waals surface area contributed by atoms with Crippen LogP contribution in [0.1, 0.15) is 10.4 Å². The maximum Gasteiger partial charge on any atom is 0.335 e. The predicted octanol–water partition coefficient (Wildman–Crippen LogP) is 2.87. The molecule has 0 radical (unpaired) electrons. The van der Waals surface area contributed by atoms with Crippen molar-refractivity contribution in [2.75, 3.05) is 4.72 Å². The number of nitrogens with zero attached hydrogens (tertiary/aromatic N) is 1. The van der Waals surface area contributed by atoms with E-state index in [2.05, 4.69) is 9.71 Å². The van der Waals surface area contributed by atoms with Crippen molar-refractivity contribution in [3.05, 3.63) is 66.1 Å². The van der Waals surface area contributed by atoms with Crippen LogP contribution in [0.25, 0.3) is 10.9 Å². The van der Waals surface area contributed by atoms with Crippen molar-refractivity contribution in [3.8, 4) is 0 Å². The molecule has 122 valence electrons. The Morgan fingerprint density at radius 1 is 1.08 bits per heavy atom. The molecular formula is C16H11FN2O4S. The highest BCUT2D eigenvalue weighted by molar-refractivity contribution is 7.93. The molecule has 1 aromatic heterocycles. The van der Waals surface area contributed by atoms with Crippen LogP contribution in [0.4, 0.5) is 10.1 Å². The van der Waals surface area contributed by atoms with Crippen molar-refractivity contribution in [2.24, 2.45) is 0 Å². The molecule has 0 spiro atoms. The van der Waals surface area contributed by atoms with E-state index in [1.54, 1.807) is 0 Å². The average molecular weight is 346 g/mol. The molecule has 0 saturated heterocycles. The second-order valence-corrected chi connectivity index (χ2v) is 6.58. The van der Waals surface area contributed by atoms with Crippen LogP contribution < -0.4 is 4.72 Å². The number of carbonyl (C=O) groups is 1. The summed E-state index contributed by atoms with van der Waals surface area (Å²) in [5, 5.41) is 8.95. The van der Waals surface area contributed by atoms with E-state index in [4.69, 9.17) is 5.11 Å². The van der Waals surface area contributed by atoms with E-state index in [1.165, 1.54) is 42.6 Å². The number of aromatic carboxylic acids is 1. The molecule has 0 aliphatic rings. The molecule has 8 heteroatoms. The molecule has 0 amide bonds. The summed E-state index contributed by atoms with van der Waals surface area (Å²) < 4.78 is 41.2. The second kappa shape index (κ2) is 5.89. The van der Waals surface area contributed by atoms with E-state index in [0.29, 0.717) is 0 Å². The molecule has 1 heterocycles. The summed E-state index contributed by atoms with van der Waals surface area (Å²) in [4.78, 5) is 14.6. The Labute approximate surface area is 136 Å². The minimum Gasteiger partial charge on any atom is -0.478 e. The molecule has 0 saturated carbocycles. The average Bonchev–Trinajstić information content (AvgIpc) is 2.55. The van der Waals surface area contributed by atoms with E-state index < -0.39 is 21.8 Å². The van der Waals surface area contributed by atoms with Gasteiger partial charge in [0.2, 0.25) is 0 Å². The zero-order chi connectivity index (χ0) is 17.3. The Morgan fingerprint density at radius 3 is 2.46 bits per heavy atom. The second-order valence-electron chi connectivity index (χ2n) is 4.93. The number of hydrogen-bond acceptors (Lipinski definition) is 4. The minimum atomic E-state index is -4.02. The molecule has 24 heavy (non-hydrogen) atoms. The molecule has 0 aliphatic heterocycles. The normalized spacial score (nSPS) is 11.4. The number of aromatic nitrogens is 1. The number of rotatable bonds is 4. The number of carboxylic acids is 1. The third-order valence-corrected chi connectivity index (χ3v) is 4.77. The summed E-state index contributed by atoms with van der Waals surface area (Å²) in [6.45, 7) is 0. The van der Waals surface area contributed by atoms with Gasteiger partial charge in [-0.1, -0.05) is 0 Å². The van der Waals surface area contributed by atoms with Crippen LogP contribution in [0, 0.1) is 5.82 Å². The van der Waals surface area contributed by atoms with Crippen LogP contribution in [0.5, 0.6) is 0 Å². The number of benzene rings is 2. The Kier molecular flexibility index (Phi) is 3.90. The SMILES string of the molecule is O=C(O)c1ccc(NS(=O)(=O)c2ccc(F)c3cccnc23)cc1. The van der Waals surface area contributed by atoms with Gasteiger partial charge in [-0.05, 0) is 48.5 Å². The van der Waals surface area contributed by atoms with Crippen molar-refractivity contribution in [1.82, 2.24) is 4.98 Å². The number of carboxylic acid groups (broad SMARTS) is 1. The van der Waals surface area contributed by atoms with E-state index >= 15 is 0 Å². The third kappa shape index (κ3) is 2.91. The zero-order valence-electron chi connectivity index (χ0n) is 12.1. The van der Waals surface area contributed by atoms with Crippen LogP contribution in [-0.4, -0.2) is 24.5 Å². The lowest BCUT2D eigenvalue weighted by molar-refractivity contribution is 0.0697. The third-order valence-electron chi connectivity index (χ3n) is 3.35. The van der Waals surface area contributed by atoms with Crippen LogP contribution in [0.3, 0.4) is 0 Å². The van der Waals surface area contributed by atoms with Crippen LogP contribution in [0.15, 0.2) is 59.6 Å². The number of sulfonamides is 1. The van der Waals surface area contributed by atoms with Gasteiger partial charge in [0.25, 0.3) is 10.0 Å². The lowest BCUT2D eigenvalue weighted by Crippen LogP contribution is -2.14. The van der Waals surface area contributed by atoms with Gasteiger partial charge in [-0.25, -0.2) is 17.6 Å². The van der Waals surface area contributed by atoms with Crippen LogP contribution in [-0.2, 0) is 10.0 Å². The van der Waals surface area contributed by atoms with E-state index in [0.717, 1.165) is 12.1 Å². The molecule has 0 aliphatic carbocycles. The van der Waals surface area contributed by atoms with Gasteiger partial charge in [-0.3, -0.25) is 9.71 Å². The first-order valence-corrected chi connectivity index (χ1v) is 8.26. The molecule has 0 atom stereocenters. The highest BCUT2D eigenvalue weighted by Crippen LogP contribution is 2.25. The topological polar surface area (TPSA) is 96.4 Å². The molecule has 6 nitrogen and oxygen atoms in total. The van der Waals surface area contributed by atoms with Gasteiger partial charge in [-0.2, -0.15) is 0 Å². The number of anilines is 1. The van der Waals surface area contributed by atoms with Gasteiger partial charge in [-0.15, -0.1) is 0 Å². The van der Waals surface area contributed by atoms with Gasteiger partial charge in [0.05, 0.1) is 11.1 Å².